The third-order valence-electron chi connectivity index (χ3n) is 1.06. The zero-order valence-corrected chi connectivity index (χ0v) is 7.56. The molecular formula is C6H14ClNS. The first kappa shape index (κ1) is 9.60. The van der Waals surface area contributed by atoms with E-state index in [1.807, 2.05) is 11.8 Å². The maximum Gasteiger partial charge on any atom is 0.0314 e. The molecule has 1 nitrogen and oxygen atoms in total. The maximum absolute atomic E-state index is 5.50. The minimum atomic E-state index is 0.203. The lowest BCUT2D eigenvalue weighted by molar-refractivity contribution is 0.723. The van der Waals surface area contributed by atoms with Crippen LogP contribution in [0.5, 0.6) is 0 Å². The van der Waals surface area contributed by atoms with Gasteiger partial charge in [0.25, 0.3) is 0 Å². The van der Waals surface area contributed by atoms with Crippen LogP contribution in [-0.4, -0.2) is 22.9 Å². The summed E-state index contributed by atoms with van der Waals surface area (Å²) in [5.74, 6) is 1.71. The molecule has 0 heterocycles. The molecule has 0 saturated heterocycles. The summed E-state index contributed by atoms with van der Waals surface area (Å²) >= 11 is 7.32. The van der Waals surface area contributed by atoms with Gasteiger partial charge in [0, 0.05) is 22.9 Å². The minimum absolute atomic E-state index is 0.203. The van der Waals surface area contributed by atoms with E-state index >= 15 is 0 Å². The minimum Gasteiger partial charge on any atom is -0.329 e. The highest BCUT2D eigenvalue weighted by atomic mass is 35.5. The lowest BCUT2D eigenvalue weighted by atomic mass is 10.2. The van der Waals surface area contributed by atoms with E-state index in [9.17, 15) is 0 Å². The van der Waals surface area contributed by atoms with Gasteiger partial charge in [0.15, 0.2) is 0 Å². The third-order valence-corrected chi connectivity index (χ3v) is 2.83. The Morgan fingerprint density at radius 3 is 2.44 bits per heavy atom. The molecule has 0 aliphatic carbocycles. The maximum atomic E-state index is 5.50. The molecule has 9 heavy (non-hydrogen) atoms. The largest absolute Gasteiger partial charge is 0.329 e. The highest BCUT2D eigenvalue weighted by Crippen LogP contribution is 2.22. The summed E-state index contributed by atoms with van der Waals surface area (Å²) in [4.78, 5) is 0. The SMILES string of the molecule is CC(C)(CN)SCCCl. The number of alkyl halides is 1. The lowest BCUT2D eigenvalue weighted by Crippen LogP contribution is -2.27. The van der Waals surface area contributed by atoms with E-state index in [-0.39, 0.29) is 4.75 Å². The van der Waals surface area contributed by atoms with E-state index in [0.717, 1.165) is 5.75 Å². The standard InChI is InChI=1S/C6H14ClNS/c1-6(2,5-8)9-4-3-7/h3-5,8H2,1-2H3. The van der Waals surface area contributed by atoms with Crippen molar-refractivity contribution in [1.29, 1.82) is 0 Å². The average Bonchev–Trinajstić information content (AvgIpc) is 1.84. The van der Waals surface area contributed by atoms with Crippen molar-refractivity contribution in [1.82, 2.24) is 0 Å². The van der Waals surface area contributed by atoms with Gasteiger partial charge < -0.3 is 5.73 Å². The van der Waals surface area contributed by atoms with Crippen LogP contribution < -0.4 is 5.73 Å². The summed E-state index contributed by atoms with van der Waals surface area (Å²) in [6.07, 6.45) is 0. The van der Waals surface area contributed by atoms with E-state index in [1.165, 1.54) is 0 Å². The van der Waals surface area contributed by atoms with Crippen LogP contribution in [0.1, 0.15) is 13.8 Å². The molecule has 0 unspecified atom stereocenters. The Labute approximate surface area is 66.3 Å². The highest BCUT2D eigenvalue weighted by Gasteiger charge is 2.14. The predicted octanol–water partition coefficient (Wildman–Crippen LogP) is 1.70. The number of rotatable bonds is 4. The van der Waals surface area contributed by atoms with Crippen molar-refractivity contribution < 1.29 is 0 Å². The first-order valence-electron chi connectivity index (χ1n) is 3.02. The monoisotopic (exact) mass is 167 g/mol. The topological polar surface area (TPSA) is 26.0 Å². The highest BCUT2D eigenvalue weighted by molar-refractivity contribution is 8.00. The summed E-state index contributed by atoms with van der Waals surface area (Å²) in [6.45, 7) is 4.98. The Bertz CT molecular complexity index is 75.5. The van der Waals surface area contributed by atoms with Gasteiger partial charge in [0.1, 0.15) is 0 Å². The average molecular weight is 168 g/mol. The van der Waals surface area contributed by atoms with Crippen LogP contribution in [0.15, 0.2) is 0 Å². The van der Waals surface area contributed by atoms with Crippen LogP contribution in [0, 0.1) is 0 Å². The second-order valence-electron chi connectivity index (χ2n) is 2.50. The molecule has 0 aromatic carbocycles. The Hall–Kier alpha value is 0.600. The van der Waals surface area contributed by atoms with Gasteiger partial charge in [0.05, 0.1) is 0 Å². The number of thioether (sulfide) groups is 1. The molecule has 0 bridgehead atoms. The predicted molar refractivity (Wildman–Crippen MR) is 46.3 cm³/mol. The molecular weight excluding hydrogens is 154 g/mol. The van der Waals surface area contributed by atoms with Gasteiger partial charge in [-0.05, 0) is 13.8 Å². The fraction of sp³-hybridized carbons (Fsp3) is 1.00. The number of hydrogen-bond donors (Lipinski definition) is 1. The van der Waals surface area contributed by atoms with Gasteiger partial charge in [-0.1, -0.05) is 0 Å². The Kier molecular flexibility index (Phi) is 4.72. The van der Waals surface area contributed by atoms with E-state index in [1.54, 1.807) is 0 Å². The van der Waals surface area contributed by atoms with Crippen molar-refractivity contribution in [3.05, 3.63) is 0 Å². The van der Waals surface area contributed by atoms with Crippen LogP contribution in [0.25, 0.3) is 0 Å². The molecule has 56 valence electrons. The van der Waals surface area contributed by atoms with Crippen molar-refractivity contribution in [3.63, 3.8) is 0 Å². The molecule has 0 radical (unpaired) electrons. The van der Waals surface area contributed by atoms with E-state index in [2.05, 4.69) is 13.8 Å². The molecule has 0 aromatic heterocycles. The zero-order valence-electron chi connectivity index (χ0n) is 5.98. The summed E-state index contributed by atoms with van der Waals surface area (Å²) in [6, 6.07) is 0. The van der Waals surface area contributed by atoms with Crippen LogP contribution in [0.4, 0.5) is 0 Å². The Morgan fingerprint density at radius 2 is 2.11 bits per heavy atom. The molecule has 0 saturated carbocycles. The second-order valence-corrected chi connectivity index (χ2v) is 4.68. The fourth-order valence-electron chi connectivity index (χ4n) is 0.374. The normalized spacial score (nSPS) is 12.0. The zero-order chi connectivity index (χ0) is 7.33. The van der Waals surface area contributed by atoms with Gasteiger partial charge in [-0.3, -0.25) is 0 Å². The quantitative estimate of drug-likeness (QED) is 0.646. The van der Waals surface area contributed by atoms with Gasteiger partial charge in [0.2, 0.25) is 0 Å². The number of hydrogen-bond acceptors (Lipinski definition) is 2. The molecule has 0 aliphatic heterocycles. The van der Waals surface area contributed by atoms with Crippen LogP contribution in [0.2, 0.25) is 0 Å². The third kappa shape index (κ3) is 5.07. The van der Waals surface area contributed by atoms with E-state index in [4.69, 9.17) is 17.3 Å². The molecule has 3 heteroatoms. The molecule has 0 fully saturated rings. The van der Waals surface area contributed by atoms with Gasteiger partial charge >= 0.3 is 0 Å². The van der Waals surface area contributed by atoms with Crippen LogP contribution >= 0.6 is 23.4 Å². The van der Waals surface area contributed by atoms with Crippen molar-refractivity contribution in [2.24, 2.45) is 5.73 Å². The van der Waals surface area contributed by atoms with Crippen LogP contribution in [0.3, 0.4) is 0 Å². The van der Waals surface area contributed by atoms with Crippen molar-refractivity contribution in [2.45, 2.75) is 18.6 Å². The van der Waals surface area contributed by atoms with Crippen molar-refractivity contribution in [3.8, 4) is 0 Å². The summed E-state index contributed by atoms with van der Waals surface area (Å²) in [5, 5.41) is 0. The molecule has 0 aromatic rings. The molecule has 0 aliphatic rings. The molecule has 0 amide bonds. The first-order valence-corrected chi connectivity index (χ1v) is 4.54. The van der Waals surface area contributed by atoms with Gasteiger partial charge in [-0.15, -0.1) is 11.6 Å². The summed E-state index contributed by atoms with van der Waals surface area (Å²) in [5.41, 5.74) is 5.48. The first-order chi connectivity index (χ1) is 4.12. The second kappa shape index (κ2) is 4.42. The Balaban J connectivity index is 3.33. The van der Waals surface area contributed by atoms with Crippen LogP contribution in [-0.2, 0) is 0 Å². The molecule has 0 atom stereocenters. The number of nitrogens with two attached hydrogens (primary N) is 1. The van der Waals surface area contributed by atoms with E-state index in [0.29, 0.717) is 12.4 Å². The summed E-state index contributed by atoms with van der Waals surface area (Å²) in [7, 11) is 0. The summed E-state index contributed by atoms with van der Waals surface area (Å²) < 4.78 is 0.203. The fourth-order valence-corrected chi connectivity index (χ4v) is 1.35. The van der Waals surface area contributed by atoms with Gasteiger partial charge in [-0.25, -0.2) is 0 Å². The van der Waals surface area contributed by atoms with Crippen molar-refractivity contribution in [2.75, 3.05) is 18.2 Å². The Morgan fingerprint density at radius 1 is 1.56 bits per heavy atom. The van der Waals surface area contributed by atoms with Crippen molar-refractivity contribution >= 4 is 23.4 Å². The molecule has 0 rings (SSSR count). The van der Waals surface area contributed by atoms with E-state index < -0.39 is 0 Å². The molecule has 0 spiro atoms. The lowest BCUT2D eigenvalue weighted by Gasteiger charge is -2.20. The number of halogens is 1. The van der Waals surface area contributed by atoms with Gasteiger partial charge in [-0.2, -0.15) is 11.8 Å². The smallest absolute Gasteiger partial charge is 0.0314 e. The molecule has 2 N–H and O–H groups in total.